The van der Waals surface area contributed by atoms with Crippen LogP contribution in [0.3, 0.4) is 0 Å². The first-order valence-corrected chi connectivity index (χ1v) is 8.62. The second kappa shape index (κ2) is 6.03. The van der Waals surface area contributed by atoms with Gasteiger partial charge in [-0.1, -0.05) is 59.1 Å². The average molecular weight is 391 g/mol. The minimum Gasteiger partial charge on any atom is -0.336 e. The lowest BCUT2D eigenvalue weighted by molar-refractivity contribution is 0.843. The highest BCUT2D eigenvalue weighted by atomic mass is 35.5. The van der Waals surface area contributed by atoms with Crippen molar-refractivity contribution in [1.29, 1.82) is 0 Å². The largest absolute Gasteiger partial charge is 0.336 e. The third kappa shape index (κ3) is 2.60. The average Bonchev–Trinajstić information content (AvgIpc) is 2.96. The zero-order chi connectivity index (χ0) is 17.7. The van der Waals surface area contributed by atoms with Gasteiger partial charge in [0, 0.05) is 17.4 Å². The van der Waals surface area contributed by atoms with Crippen LogP contribution in [0.15, 0.2) is 58.1 Å². The topological polar surface area (TPSA) is 39.1 Å². The number of nitrogens with zero attached hydrogens (tertiary/aromatic N) is 1. The number of halogens is 3. The molecule has 6 heteroatoms. The predicted molar refractivity (Wildman–Crippen MR) is 103 cm³/mol. The van der Waals surface area contributed by atoms with Crippen molar-refractivity contribution in [2.75, 3.05) is 0 Å². The molecule has 0 aliphatic heterocycles. The van der Waals surface area contributed by atoms with Gasteiger partial charge in [0.2, 0.25) is 10.9 Å². The van der Waals surface area contributed by atoms with Crippen molar-refractivity contribution < 1.29 is 0 Å². The SMILES string of the molecule is O=c1c(Cl)c(-c2cc3ccccc3n2Cc2ccc(Cl)c(Cl)c2)c1=O. The van der Waals surface area contributed by atoms with Crippen LogP contribution < -0.4 is 10.9 Å². The number of para-hydroxylation sites is 1. The van der Waals surface area contributed by atoms with Crippen molar-refractivity contribution in [3.05, 3.63) is 89.6 Å². The fourth-order valence-corrected chi connectivity index (χ4v) is 3.59. The Bertz CT molecular complexity index is 1200. The van der Waals surface area contributed by atoms with Gasteiger partial charge in [-0.25, -0.2) is 0 Å². The normalized spacial score (nSPS) is 11.5. The Hall–Kier alpha value is -2.07. The molecule has 124 valence electrons. The van der Waals surface area contributed by atoms with E-state index >= 15 is 0 Å². The van der Waals surface area contributed by atoms with Gasteiger partial charge in [0.1, 0.15) is 5.02 Å². The van der Waals surface area contributed by atoms with E-state index in [4.69, 9.17) is 34.8 Å². The van der Waals surface area contributed by atoms with E-state index in [-0.39, 0.29) is 10.6 Å². The molecule has 0 saturated carbocycles. The van der Waals surface area contributed by atoms with Crippen LogP contribution in [0, 0.1) is 0 Å². The summed E-state index contributed by atoms with van der Waals surface area (Å²) in [6, 6.07) is 15.0. The molecule has 0 unspecified atom stereocenters. The molecule has 25 heavy (non-hydrogen) atoms. The van der Waals surface area contributed by atoms with Gasteiger partial charge >= 0.3 is 0 Å². The molecule has 0 amide bonds. The number of hydrogen-bond acceptors (Lipinski definition) is 2. The van der Waals surface area contributed by atoms with E-state index in [1.807, 2.05) is 41.0 Å². The third-order valence-corrected chi connectivity index (χ3v) is 5.34. The first-order valence-electron chi connectivity index (χ1n) is 7.48. The fourth-order valence-electron chi connectivity index (χ4n) is 3.00. The van der Waals surface area contributed by atoms with Gasteiger partial charge in [0.05, 0.1) is 21.3 Å². The summed E-state index contributed by atoms with van der Waals surface area (Å²) in [4.78, 5) is 23.5. The summed E-state index contributed by atoms with van der Waals surface area (Å²) in [5, 5.41) is 1.89. The molecule has 0 aliphatic carbocycles. The van der Waals surface area contributed by atoms with Gasteiger partial charge in [0.25, 0.3) is 0 Å². The number of rotatable bonds is 3. The Balaban J connectivity index is 1.92. The Morgan fingerprint density at radius 3 is 2.32 bits per heavy atom. The third-order valence-electron chi connectivity index (χ3n) is 4.24. The van der Waals surface area contributed by atoms with Crippen molar-refractivity contribution >= 4 is 45.7 Å². The molecule has 3 aromatic carbocycles. The Morgan fingerprint density at radius 1 is 0.840 bits per heavy atom. The summed E-state index contributed by atoms with van der Waals surface area (Å²) in [6.07, 6.45) is 0. The van der Waals surface area contributed by atoms with E-state index in [2.05, 4.69) is 0 Å². The lowest BCUT2D eigenvalue weighted by atomic mass is 10.1. The Morgan fingerprint density at radius 2 is 1.60 bits per heavy atom. The smallest absolute Gasteiger partial charge is 0.245 e. The minimum absolute atomic E-state index is 0.0109. The van der Waals surface area contributed by atoms with Crippen LogP contribution in [0.5, 0.6) is 0 Å². The summed E-state index contributed by atoms with van der Waals surface area (Å²) in [7, 11) is 0. The molecule has 4 aromatic rings. The lowest BCUT2D eigenvalue weighted by Gasteiger charge is -2.13. The van der Waals surface area contributed by atoms with E-state index in [0.29, 0.717) is 22.3 Å². The van der Waals surface area contributed by atoms with Gasteiger partial charge in [-0.05, 0) is 29.8 Å². The van der Waals surface area contributed by atoms with Crippen LogP contribution in [-0.2, 0) is 6.54 Å². The van der Waals surface area contributed by atoms with E-state index < -0.39 is 10.9 Å². The Labute approximate surface area is 157 Å². The van der Waals surface area contributed by atoms with Gasteiger partial charge < -0.3 is 4.57 Å². The molecule has 1 heterocycles. The molecule has 4 rings (SSSR count). The van der Waals surface area contributed by atoms with Gasteiger partial charge in [0.15, 0.2) is 0 Å². The van der Waals surface area contributed by atoms with Crippen LogP contribution in [-0.4, -0.2) is 4.57 Å². The van der Waals surface area contributed by atoms with Gasteiger partial charge in [-0.2, -0.15) is 0 Å². The summed E-state index contributed by atoms with van der Waals surface area (Å²) in [5.41, 5.74) is 1.57. The highest BCUT2D eigenvalue weighted by molar-refractivity contribution is 6.42. The molecule has 1 aromatic heterocycles. The van der Waals surface area contributed by atoms with Crippen LogP contribution in [0.25, 0.3) is 22.2 Å². The quantitative estimate of drug-likeness (QED) is 0.466. The maximum Gasteiger partial charge on any atom is 0.245 e. The molecule has 0 spiro atoms. The number of benzene rings is 2. The monoisotopic (exact) mass is 389 g/mol. The zero-order valence-electron chi connectivity index (χ0n) is 12.7. The molecule has 0 N–H and O–H groups in total. The second-order valence-corrected chi connectivity index (χ2v) is 6.96. The summed E-state index contributed by atoms with van der Waals surface area (Å²) in [5.74, 6) is 0. The molecule has 0 bridgehead atoms. The van der Waals surface area contributed by atoms with E-state index in [1.165, 1.54) is 0 Å². The molecule has 0 aliphatic rings. The Kier molecular flexibility index (Phi) is 3.95. The first kappa shape index (κ1) is 16.4. The summed E-state index contributed by atoms with van der Waals surface area (Å²) >= 11 is 18.1. The number of hydrogen-bond donors (Lipinski definition) is 0. The summed E-state index contributed by atoms with van der Waals surface area (Å²) < 4.78 is 1.96. The minimum atomic E-state index is -0.636. The number of fused-ring (bicyclic) bond motifs is 1. The van der Waals surface area contributed by atoms with Gasteiger partial charge in [-0.3, -0.25) is 9.59 Å². The fraction of sp³-hybridized carbons (Fsp3) is 0.0526. The van der Waals surface area contributed by atoms with Crippen LogP contribution >= 0.6 is 34.8 Å². The molecule has 0 saturated heterocycles. The van der Waals surface area contributed by atoms with Crippen molar-refractivity contribution in [2.24, 2.45) is 0 Å². The zero-order valence-corrected chi connectivity index (χ0v) is 15.0. The summed E-state index contributed by atoms with van der Waals surface area (Å²) in [6.45, 7) is 0.467. The van der Waals surface area contributed by atoms with E-state index in [1.54, 1.807) is 12.1 Å². The van der Waals surface area contributed by atoms with E-state index in [9.17, 15) is 9.59 Å². The van der Waals surface area contributed by atoms with Crippen LogP contribution in [0.4, 0.5) is 0 Å². The number of aromatic nitrogens is 1. The van der Waals surface area contributed by atoms with Crippen LogP contribution in [0.1, 0.15) is 5.56 Å². The molecular formula is C19H10Cl3NO2. The van der Waals surface area contributed by atoms with Gasteiger partial charge in [-0.15, -0.1) is 0 Å². The second-order valence-electron chi connectivity index (χ2n) is 5.77. The van der Waals surface area contributed by atoms with Crippen molar-refractivity contribution in [1.82, 2.24) is 4.57 Å². The predicted octanol–water partition coefficient (Wildman–Crippen LogP) is 4.91. The van der Waals surface area contributed by atoms with Crippen molar-refractivity contribution in [2.45, 2.75) is 6.54 Å². The molecule has 3 nitrogen and oxygen atoms in total. The van der Waals surface area contributed by atoms with Crippen LogP contribution in [0.2, 0.25) is 15.1 Å². The highest BCUT2D eigenvalue weighted by Crippen LogP contribution is 2.32. The molecule has 0 atom stereocenters. The maximum atomic E-state index is 12.0. The maximum absolute atomic E-state index is 12.0. The molecular weight excluding hydrogens is 381 g/mol. The lowest BCUT2D eigenvalue weighted by Crippen LogP contribution is -2.34. The molecule has 0 radical (unpaired) electrons. The molecule has 0 fully saturated rings. The first-order chi connectivity index (χ1) is 12.0. The standard InChI is InChI=1S/C19H10Cl3NO2/c20-12-6-5-10(7-13(12)21)9-23-14-4-2-1-3-11(14)8-15(23)16-17(22)19(25)18(16)24/h1-8H,9H2. The highest BCUT2D eigenvalue weighted by Gasteiger charge is 2.24. The van der Waals surface area contributed by atoms with E-state index in [0.717, 1.165) is 16.5 Å². The van der Waals surface area contributed by atoms with Crippen molar-refractivity contribution in [3.63, 3.8) is 0 Å². The van der Waals surface area contributed by atoms with Crippen molar-refractivity contribution in [3.8, 4) is 11.3 Å².